The number of nitrogens with two attached hydrogens (primary N) is 1. The van der Waals surface area contributed by atoms with Crippen LogP contribution >= 0.6 is 11.6 Å². The van der Waals surface area contributed by atoms with Crippen LogP contribution < -0.4 is 11.1 Å². The summed E-state index contributed by atoms with van der Waals surface area (Å²) in [5, 5.41) is 5.54. The molecule has 5 rings (SSSR count). The summed E-state index contributed by atoms with van der Waals surface area (Å²) in [6.45, 7) is 7.77. The molecule has 0 atom stereocenters. The third kappa shape index (κ3) is 7.58. The molecule has 0 spiro atoms. The molecule has 0 bridgehead atoms. The van der Waals surface area contributed by atoms with Crippen molar-refractivity contribution in [2.45, 2.75) is 13.5 Å². The number of rotatable bonds is 4. The standard InChI is InChI=1S/C19H13ClN2O.C13H21N3/c1-12-2-3-13(11-23)8-14(12)5-7-17-18-9-16(20)6-4-15(18)10-22-19(17)21;1-14-13-5-3-12(4-6-13)11-16-9-7-15(2)8-10-16/h2-4,6,8-11H,1H3,(H2,21,22);3-6,14H,7-11H2,1-2H3. The van der Waals surface area contributed by atoms with Crippen LogP contribution in [-0.4, -0.2) is 61.3 Å². The van der Waals surface area contributed by atoms with Crippen LogP contribution in [0.1, 0.15) is 32.6 Å². The van der Waals surface area contributed by atoms with Crippen LogP contribution in [0, 0.1) is 18.8 Å². The number of hydrogen-bond donors (Lipinski definition) is 2. The Balaban J connectivity index is 0.000000193. The van der Waals surface area contributed by atoms with Crippen molar-refractivity contribution >= 4 is 40.2 Å². The van der Waals surface area contributed by atoms with E-state index < -0.39 is 0 Å². The summed E-state index contributed by atoms with van der Waals surface area (Å²) in [4.78, 5) is 20.0. The molecule has 200 valence electrons. The number of nitrogen functional groups attached to an aromatic ring is 1. The Morgan fingerprint density at radius 3 is 2.46 bits per heavy atom. The van der Waals surface area contributed by atoms with E-state index in [1.54, 1.807) is 24.4 Å². The lowest BCUT2D eigenvalue weighted by Crippen LogP contribution is -2.43. The Hall–Kier alpha value is -3.89. The zero-order chi connectivity index (χ0) is 27.8. The summed E-state index contributed by atoms with van der Waals surface area (Å²) in [6.07, 6.45) is 2.50. The highest BCUT2D eigenvalue weighted by Crippen LogP contribution is 2.25. The zero-order valence-corrected chi connectivity index (χ0v) is 23.4. The van der Waals surface area contributed by atoms with Gasteiger partial charge in [-0.15, -0.1) is 0 Å². The smallest absolute Gasteiger partial charge is 0.150 e. The Morgan fingerprint density at radius 2 is 1.77 bits per heavy atom. The second-order valence-electron chi connectivity index (χ2n) is 9.72. The highest BCUT2D eigenvalue weighted by molar-refractivity contribution is 6.31. The van der Waals surface area contributed by atoms with E-state index in [1.807, 2.05) is 32.2 Å². The molecule has 3 N–H and O–H groups in total. The number of nitrogens with one attached hydrogen (secondary N) is 1. The number of benzene rings is 3. The van der Waals surface area contributed by atoms with E-state index in [0.29, 0.717) is 22.0 Å². The third-order valence-electron chi connectivity index (χ3n) is 6.85. The van der Waals surface area contributed by atoms with Gasteiger partial charge in [0.25, 0.3) is 0 Å². The van der Waals surface area contributed by atoms with Crippen LogP contribution in [0.3, 0.4) is 0 Å². The lowest BCUT2D eigenvalue weighted by molar-refractivity contribution is 0.112. The van der Waals surface area contributed by atoms with E-state index in [1.165, 1.54) is 37.4 Å². The predicted octanol–water partition coefficient (Wildman–Crippen LogP) is 5.47. The number of halogens is 1. The molecule has 1 fully saturated rings. The first-order valence-corrected chi connectivity index (χ1v) is 13.3. The molecule has 0 aliphatic carbocycles. The van der Waals surface area contributed by atoms with E-state index >= 15 is 0 Å². The van der Waals surface area contributed by atoms with Crippen molar-refractivity contribution in [2.75, 3.05) is 51.3 Å². The molecular weight excluding hydrogens is 506 g/mol. The highest BCUT2D eigenvalue weighted by atomic mass is 35.5. The van der Waals surface area contributed by atoms with Crippen molar-refractivity contribution in [2.24, 2.45) is 0 Å². The van der Waals surface area contributed by atoms with E-state index in [0.717, 1.165) is 34.7 Å². The van der Waals surface area contributed by atoms with Gasteiger partial charge < -0.3 is 16.0 Å². The summed E-state index contributed by atoms with van der Waals surface area (Å²) in [5.41, 5.74) is 11.6. The minimum atomic E-state index is 0.358. The van der Waals surface area contributed by atoms with Gasteiger partial charge in [0.1, 0.15) is 12.1 Å². The first-order valence-electron chi connectivity index (χ1n) is 13.0. The monoisotopic (exact) mass is 539 g/mol. The van der Waals surface area contributed by atoms with Crippen molar-refractivity contribution < 1.29 is 4.79 Å². The second-order valence-corrected chi connectivity index (χ2v) is 10.2. The minimum Gasteiger partial charge on any atom is -0.388 e. The molecule has 1 aromatic heterocycles. The summed E-state index contributed by atoms with van der Waals surface area (Å²) in [6, 6.07) is 19.6. The first-order chi connectivity index (χ1) is 18.9. The number of aromatic nitrogens is 1. The number of aldehydes is 1. The third-order valence-corrected chi connectivity index (χ3v) is 7.08. The van der Waals surface area contributed by atoms with Crippen LogP contribution in [0.5, 0.6) is 0 Å². The normalized spacial score (nSPS) is 13.6. The van der Waals surface area contributed by atoms with Crippen LogP contribution in [-0.2, 0) is 6.54 Å². The van der Waals surface area contributed by atoms with Gasteiger partial charge in [-0.05, 0) is 55.4 Å². The van der Waals surface area contributed by atoms with E-state index in [9.17, 15) is 4.79 Å². The number of piperazine rings is 1. The van der Waals surface area contributed by atoms with Gasteiger partial charge in [-0.3, -0.25) is 9.69 Å². The Labute approximate surface area is 235 Å². The van der Waals surface area contributed by atoms with Crippen molar-refractivity contribution in [3.63, 3.8) is 0 Å². The maximum Gasteiger partial charge on any atom is 0.150 e. The van der Waals surface area contributed by atoms with E-state index in [2.05, 4.69) is 63.3 Å². The number of pyridine rings is 1. The van der Waals surface area contributed by atoms with Crippen LogP contribution in [0.2, 0.25) is 5.02 Å². The van der Waals surface area contributed by atoms with Gasteiger partial charge in [0, 0.05) is 78.6 Å². The minimum absolute atomic E-state index is 0.358. The average Bonchev–Trinajstić information content (AvgIpc) is 2.95. The average molecular weight is 540 g/mol. The summed E-state index contributed by atoms with van der Waals surface area (Å²) in [7, 11) is 4.15. The molecule has 6 nitrogen and oxygen atoms in total. The summed E-state index contributed by atoms with van der Waals surface area (Å²) < 4.78 is 0. The van der Waals surface area contributed by atoms with Gasteiger partial charge in [0.15, 0.2) is 0 Å². The van der Waals surface area contributed by atoms with Gasteiger partial charge in [-0.1, -0.05) is 53.8 Å². The first kappa shape index (κ1) is 28.1. The molecular formula is C32H34ClN5O. The van der Waals surface area contributed by atoms with Gasteiger partial charge in [0.05, 0.1) is 5.56 Å². The topological polar surface area (TPSA) is 74.5 Å². The van der Waals surface area contributed by atoms with E-state index in [-0.39, 0.29) is 0 Å². The number of nitrogens with zero attached hydrogens (tertiary/aromatic N) is 3. The molecule has 0 radical (unpaired) electrons. The molecule has 1 aliphatic rings. The van der Waals surface area contributed by atoms with Crippen molar-refractivity contribution in [1.29, 1.82) is 0 Å². The summed E-state index contributed by atoms with van der Waals surface area (Å²) >= 11 is 6.08. The molecule has 1 saturated heterocycles. The van der Waals surface area contributed by atoms with Crippen LogP contribution in [0.15, 0.2) is 66.9 Å². The molecule has 39 heavy (non-hydrogen) atoms. The number of likely N-dealkylation sites (N-methyl/N-ethyl adjacent to an activating group) is 1. The molecule has 0 amide bonds. The van der Waals surface area contributed by atoms with Crippen molar-refractivity contribution in [3.05, 3.63) is 99.7 Å². The van der Waals surface area contributed by atoms with E-state index in [4.69, 9.17) is 17.3 Å². The number of carbonyl (C=O) groups is 1. The van der Waals surface area contributed by atoms with Crippen molar-refractivity contribution in [1.82, 2.24) is 14.8 Å². The molecule has 3 aromatic carbocycles. The van der Waals surface area contributed by atoms with Crippen LogP contribution in [0.25, 0.3) is 10.8 Å². The van der Waals surface area contributed by atoms with Gasteiger partial charge in [-0.25, -0.2) is 4.98 Å². The number of hydrogen-bond acceptors (Lipinski definition) is 6. The molecule has 0 saturated carbocycles. The Kier molecular flexibility index (Phi) is 9.56. The zero-order valence-electron chi connectivity index (χ0n) is 22.7. The largest absolute Gasteiger partial charge is 0.388 e. The lowest BCUT2D eigenvalue weighted by Gasteiger charge is -2.32. The molecule has 1 aliphatic heterocycles. The quantitative estimate of drug-likeness (QED) is 0.265. The fourth-order valence-electron chi connectivity index (χ4n) is 4.35. The Morgan fingerprint density at radius 1 is 1.03 bits per heavy atom. The summed E-state index contributed by atoms with van der Waals surface area (Å²) in [5.74, 6) is 6.52. The number of carbonyl (C=O) groups excluding carboxylic acids is 1. The number of fused-ring (bicyclic) bond motifs is 1. The van der Waals surface area contributed by atoms with Gasteiger partial charge >= 0.3 is 0 Å². The second kappa shape index (κ2) is 13.3. The van der Waals surface area contributed by atoms with Crippen molar-refractivity contribution in [3.8, 4) is 11.8 Å². The maximum atomic E-state index is 10.9. The fourth-order valence-corrected chi connectivity index (χ4v) is 4.52. The molecule has 4 aromatic rings. The number of anilines is 2. The SMILES string of the molecule is CNc1ccc(CN2CCN(C)CC2)cc1.Cc1ccc(C=O)cc1C#Cc1c(N)ncc2ccc(Cl)cc12. The maximum absolute atomic E-state index is 10.9. The fraction of sp³-hybridized carbons (Fsp3) is 0.250. The molecule has 2 heterocycles. The molecule has 0 unspecified atom stereocenters. The highest BCUT2D eigenvalue weighted by Gasteiger charge is 2.13. The van der Waals surface area contributed by atoms with Gasteiger partial charge in [0.2, 0.25) is 0 Å². The Bertz CT molecular complexity index is 1490. The molecule has 7 heteroatoms. The number of aryl methyl sites for hydroxylation is 1. The van der Waals surface area contributed by atoms with Gasteiger partial charge in [-0.2, -0.15) is 0 Å². The lowest BCUT2D eigenvalue weighted by atomic mass is 10.0. The van der Waals surface area contributed by atoms with Crippen LogP contribution in [0.4, 0.5) is 11.5 Å². The predicted molar refractivity (Wildman–Crippen MR) is 162 cm³/mol.